The third kappa shape index (κ3) is 4.50. The summed E-state index contributed by atoms with van der Waals surface area (Å²) in [4.78, 5) is 44.2. The maximum atomic E-state index is 14.5. The molecule has 2 unspecified atom stereocenters. The van der Waals surface area contributed by atoms with Crippen LogP contribution in [0.15, 0.2) is 78.9 Å². The van der Waals surface area contributed by atoms with Crippen LogP contribution in [0.1, 0.15) is 48.1 Å². The summed E-state index contributed by atoms with van der Waals surface area (Å²) in [6.45, 7) is 5.69. The Morgan fingerprint density at radius 3 is 2.38 bits per heavy atom. The SMILES string of the molecule is Cc1ccc(C)c(NC(=O)C2N([C@H](CO)c3ccccc3)C(=O)[C@@H]3[C@H](C(=O)NCc4ccccc4)[C@]4(C)CCC23O4)c1. The molecule has 3 aliphatic rings. The van der Waals surface area contributed by atoms with E-state index < -0.39 is 35.1 Å². The number of nitrogens with zero attached hydrogens (tertiary/aromatic N) is 1. The van der Waals surface area contributed by atoms with Crippen molar-refractivity contribution in [1.29, 1.82) is 0 Å². The highest BCUT2D eigenvalue weighted by atomic mass is 16.5. The number of hydrogen-bond donors (Lipinski definition) is 3. The van der Waals surface area contributed by atoms with Gasteiger partial charge in [0.05, 0.1) is 30.1 Å². The summed E-state index contributed by atoms with van der Waals surface area (Å²) >= 11 is 0. The number of amides is 3. The third-order valence-corrected chi connectivity index (χ3v) is 9.40. The molecule has 0 saturated carbocycles. The van der Waals surface area contributed by atoms with E-state index in [-0.39, 0.29) is 24.3 Å². The van der Waals surface area contributed by atoms with Crippen molar-refractivity contribution in [3.63, 3.8) is 0 Å². The first-order valence-corrected chi connectivity index (χ1v) is 14.6. The maximum Gasteiger partial charge on any atom is 0.250 e. The first kappa shape index (κ1) is 28.1. The molecule has 3 aromatic rings. The number of hydrogen-bond acceptors (Lipinski definition) is 5. The van der Waals surface area contributed by atoms with E-state index in [9.17, 15) is 19.5 Å². The molecule has 42 heavy (non-hydrogen) atoms. The molecule has 2 bridgehead atoms. The molecular weight excluding hydrogens is 530 g/mol. The quantitative estimate of drug-likeness (QED) is 0.381. The Morgan fingerprint density at radius 2 is 1.69 bits per heavy atom. The molecule has 6 atom stereocenters. The third-order valence-electron chi connectivity index (χ3n) is 9.40. The lowest BCUT2D eigenvalue weighted by Crippen LogP contribution is -2.54. The molecule has 3 saturated heterocycles. The summed E-state index contributed by atoms with van der Waals surface area (Å²) in [6.07, 6.45) is 0.993. The first-order valence-electron chi connectivity index (χ1n) is 14.6. The van der Waals surface area contributed by atoms with Crippen molar-refractivity contribution < 1.29 is 24.2 Å². The zero-order valence-electron chi connectivity index (χ0n) is 24.2. The standard InChI is InChI=1S/C34H37N3O5/c1-21-14-15-22(2)25(18-21)36-31(40)29-34-17-16-33(3,42-34)27(30(39)35-19-23-10-6-4-7-11-23)28(34)32(41)37(29)26(20-38)24-12-8-5-9-13-24/h4-15,18,26-29,38H,16-17,19-20H2,1-3H3,(H,35,39)(H,36,40)/t26-,27-,28+,29?,33+,34?/m1/s1. The van der Waals surface area contributed by atoms with Crippen molar-refractivity contribution in [2.75, 3.05) is 11.9 Å². The van der Waals surface area contributed by atoms with Crippen molar-refractivity contribution in [3.8, 4) is 0 Å². The summed E-state index contributed by atoms with van der Waals surface area (Å²) in [6, 6.07) is 22.8. The molecule has 3 aromatic carbocycles. The number of aliphatic hydroxyl groups is 1. The van der Waals surface area contributed by atoms with Crippen LogP contribution in [0.25, 0.3) is 0 Å². The number of rotatable bonds is 8. The van der Waals surface area contributed by atoms with Crippen LogP contribution in [0.3, 0.4) is 0 Å². The van der Waals surface area contributed by atoms with E-state index in [2.05, 4.69) is 10.6 Å². The average Bonchev–Trinajstić information content (AvgIpc) is 3.56. The predicted octanol–water partition coefficient (Wildman–Crippen LogP) is 4.06. The maximum absolute atomic E-state index is 14.5. The molecule has 3 fully saturated rings. The van der Waals surface area contributed by atoms with E-state index in [1.807, 2.05) is 99.6 Å². The number of aryl methyl sites for hydroxylation is 2. The fraction of sp³-hybridized carbons (Fsp3) is 0.382. The minimum Gasteiger partial charge on any atom is -0.394 e. The highest BCUT2D eigenvalue weighted by Gasteiger charge is 2.78. The van der Waals surface area contributed by atoms with E-state index in [1.165, 1.54) is 4.90 Å². The number of likely N-dealkylation sites (tertiary alicyclic amines) is 1. The molecule has 8 nitrogen and oxygen atoms in total. The Balaban J connectivity index is 1.40. The molecule has 3 amide bonds. The highest BCUT2D eigenvalue weighted by molar-refractivity contribution is 6.04. The second kappa shape index (κ2) is 10.7. The minimum absolute atomic E-state index is 0.267. The van der Waals surface area contributed by atoms with Crippen molar-refractivity contribution >= 4 is 23.4 Å². The van der Waals surface area contributed by atoms with Gasteiger partial charge in [0.2, 0.25) is 17.7 Å². The van der Waals surface area contributed by atoms with E-state index >= 15 is 0 Å². The Bertz CT molecular complexity index is 1510. The van der Waals surface area contributed by atoms with Gasteiger partial charge in [0.25, 0.3) is 0 Å². The molecule has 3 N–H and O–H groups in total. The Hall–Kier alpha value is -4.01. The van der Waals surface area contributed by atoms with Gasteiger partial charge in [0.15, 0.2) is 0 Å². The fourth-order valence-electron chi connectivity index (χ4n) is 7.40. The zero-order chi connectivity index (χ0) is 29.6. The van der Waals surface area contributed by atoms with Crippen LogP contribution in [-0.4, -0.2) is 51.6 Å². The lowest BCUT2D eigenvalue weighted by atomic mass is 9.66. The average molecular weight is 568 g/mol. The molecule has 0 aromatic heterocycles. The van der Waals surface area contributed by atoms with Gasteiger partial charge in [-0.3, -0.25) is 14.4 Å². The van der Waals surface area contributed by atoms with Crippen LogP contribution in [0.2, 0.25) is 0 Å². The molecule has 6 rings (SSSR count). The number of carbonyl (C=O) groups excluding carboxylic acids is 3. The van der Waals surface area contributed by atoms with Crippen LogP contribution in [0.4, 0.5) is 5.69 Å². The number of fused-ring (bicyclic) bond motifs is 1. The van der Waals surface area contributed by atoms with Crippen molar-refractivity contribution in [3.05, 3.63) is 101 Å². The van der Waals surface area contributed by atoms with Crippen LogP contribution in [0, 0.1) is 25.7 Å². The van der Waals surface area contributed by atoms with Gasteiger partial charge in [0.1, 0.15) is 11.6 Å². The molecule has 1 spiro atoms. The summed E-state index contributed by atoms with van der Waals surface area (Å²) in [7, 11) is 0. The van der Waals surface area contributed by atoms with Crippen molar-refractivity contribution in [2.45, 2.75) is 63.4 Å². The summed E-state index contributed by atoms with van der Waals surface area (Å²) in [5.41, 5.74) is 2.09. The fourth-order valence-corrected chi connectivity index (χ4v) is 7.40. The first-order chi connectivity index (χ1) is 20.2. The Kier molecular flexibility index (Phi) is 7.15. The summed E-state index contributed by atoms with van der Waals surface area (Å²) in [5, 5.41) is 16.7. The van der Waals surface area contributed by atoms with E-state index in [0.717, 1.165) is 16.7 Å². The molecule has 3 aliphatic heterocycles. The second-order valence-electron chi connectivity index (χ2n) is 12.1. The van der Waals surface area contributed by atoms with Gasteiger partial charge >= 0.3 is 0 Å². The van der Waals surface area contributed by atoms with Crippen LogP contribution in [0.5, 0.6) is 0 Å². The number of benzene rings is 3. The Labute approximate surface area is 246 Å². The molecule has 0 radical (unpaired) electrons. The lowest BCUT2D eigenvalue weighted by molar-refractivity contribution is -0.148. The topological polar surface area (TPSA) is 108 Å². The van der Waals surface area contributed by atoms with Gasteiger partial charge in [0, 0.05) is 12.2 Å². The minimum atomic E-state index is -1.20. The molecular formula is C34H37N3O5. The van der Waals surface area contributed by atoms with Gasteiger partial charge < -0.3 is 25.4 Å². The summed E-state index contributed by atoms with van der Waals surface area (Å²) < 4.78 is 6.75. The number of carbonyl (C=O) groups is 3. The zero-order valence-corrected chi connectivity index (χ0v) is 24.2. The van der Waals surface area contributed by atoms with Gasteiger partial charge in [-0.2, -0.15) is 0 Å². The van der Waals surface area contributed by atoms with Gasteiger partial charge in [-0.1, -0.05) is 72.8 Å². The number of nitrogens with one attached hydrogen (secondary N) is 2. The van der Waals surface area contributed by atoms with Gasteiger partial charge in [-0.15, -0.1) is 0 Å². The van der Waals surface area contributed by atoms with Gasteiger partial charge in [-0.05, 0) is 61.9 Å². The molecule has 3 heterocycles. The van der Waals surface area contributed by atoms with E-state index in [0.29, 0.717) is 30.6 Å². The number of aliphatic hydroxyl groups excluding tert-OH is 1. The molecule has 218 valence electrons. The Morgan fingerprint density at radius 1 is 1.00 bits per heavy atom. The van der Waals surface area contributed by atoms with Crippen molar-refractivity contribution in [1.82, 2.24) is 10.2 Å². The molecule has 0 aliphatic carbocycles. The lowest BCUT2D eigenvalue weighted by Gasteiger charge is -2.37. The highest BCUT2D eigenvalue weighted by Crippen LogP contribution is 2.64. The smallest absolute Gasteiger partial charge is 0.250 e. The predicted molar refractivity (Wildman–Crippen MR) is 158 cm³/mol. The summed E-state index contributed by atoms with van der Waals surface area (Å²) in [5.74, 6) is -2.64. The number of anilines is 1. The van der Waals surface area contributed by atoms with Gasteiger partial charge in [-0.25, -0.2) is 0 Å². The number of ether oxygens (including phenoxy) is 1. The largest absolute Gasteiger partial charge is 0.394 e. The van der Waals surface area contributed by atoms with Crippen LogP contribution in [-0.2, 0) is 25.7 Å². The molecule has 8 heteroatoms. The van der Waals surface area contributed by atoms with Crippen molar-refractivity contribution in [2.24, 2.45) is 11.8 Å². The second-order valence-corrected chi connectivity index (χ2v) is 12.1. The van der Waals surface area contributed by atoms with E-state index in [1.54, 1.807) is 0 Å². The monoisotopic (exact) mass is 567 g/mol. The van der Waals surface area contributed by atoms with Crippen LogP contribution < -0.4 is 10.6 Å². The van der Waals surface area contributed by atoms with Crippen LogP contribution >= 0.6 is 0 Å². The normalized spacial score (nSPS) is 28.4. The van der Waals surface area contributed by atoms with E-state index in [4.69, 9.17) is 4.74 Å².